The predicted molar refractivity (Wildman–Crippen MR) is 216 cm³/mol. The number of aromatic nitrogens is 1. The molecule has 2 aromatic heterocycles. The summed E-state index contributed by atoms with van der Waals surface area (Å²) in [6.07, 6.45) is 14.0. The molecule has 0 aliphatic heterocycles. The van der Waals surface area contributed by atoms with Gasteiger partial charge in [-0.05, 0) is 85.5 Å². The zero-order valence-corrected chi connectivity index (χ0v) is 35.2. The zero-order valence-electron chi connectivity index (χ0n) is 35.2. The van der Waals surface area contributed by atoms with E-state index < -0.39 is 5.97 Å². The van der Waals surface area contributed by atoms with Crippen LogP contribution in [-0.4, -0.2) is 21.8 Å². The summed E-state index contributed by atoms with van der Waals surface area (Å²) in [4.78, 5) is 27.7. The average Bonchev–Trinajstić information content (AvgIpc) is 3.46. The van der Waals surface area contributed by atoms with Gasteiger partial charge in [0.25, 0.3) is 0 Å². The van der Waals surface area contributed by atoms with Gasteiger partial charge in [-0.25, -0.2) is 14.2 Å². The van der Waals surface area contributed by atoms with Crippen LogP contribution in [-0.2, 0) is 10.2 Å². The SMILES string of the molecule is C=C(/C=C\C(F)=C(\C)CCC)C(=O)O.CC(C)C(=O)c1cc2nc(C3CCC(C)(C)CC3)cc(C(C)(C)C)c2o1.CCCC.CCCC(C)(C)C. The molecule has 0 radical (unpaired) electrons. The number of furan rings is 1. The zero-order chi connectivity index (χ0) is 39.7. The van der Waals surface area contributed by atoms with E-state index in [0.29, 0.717) is 34.5 Å². The molecule has 1 aliphatic rings. The number of allylic oxidation sites excluding steroid dienone is 3. The lowest BCUT2D eigenvalue weighted by molar-refractivity contribution is -0.132. The lowest BCUT2D eigenvalue weighted by Crippen LogP contribution is -2.21. The Labute approximate surface area is 311 Å². The molecule has 0 unspecified atom stereocenters. The van der Waals surface area contributed by atoms with Crippen LogP contribution in [0.15, 0.2) is 52.3 Å². The van der Waals surface area contributed by atoms with Crippen molar-refractivity contribution < 1.29 is 23.5 Å². The quantitative estimate of drug-likeness (QED) is 0.151. The minimum absolute atomic E-state index is 0.0452. The number of ketones is 1. The third kappa shape index (κ3) is 18.3. The molecule has 51 heavy (non-hydrogen) atoms. The van der Waals surface area contributed by atoms with Gasteiger partial charge in [0.1, 0.15) is 11.3 Å². The minimum Gasteiger partial charge on any atom is -0.478 e. The molecule has 2 heterocycles. The van der Waals surface area contributed by atoms with E-state index in [-0.39, 0.29) is 28.5 Å². The largest absolute Gasteiger partial charge is 0.478 e. The summed E-state index contributed by atoms with van der Waals surface area (Å²) in [7, 11) is 0. The lowest BCUT2D eigenvalue weighted by atomic mass is 9.72. The van der Waals surface area contributed by atoms with Gasteiger partial charge in [-0.15, -0.1) is 0 Å². The average molecular weight is 712 g/mol. The Hall–Kier alpha value is -3.02. The molecule has 0 atom stereocenters. The van der Waals surface area contributed by atoms with E-state index in [1.54, 1.807) is 6.92 Å². The highest BCUT2D eigenvalue weighted by atomic mass is 19.1. The van der Waals surface area contributed by atoms with Crippen LogP contribution in [0.25, 0.3) is 11.1 Å². The Kier molecular flexibility index (Phi) is 20.8. The fourth-order valence-corrected chi connectivity index (χ4v) is 5.54. The van der Waals surface area contributed by atoms with Gasteiger partial charge in [0.05, 0.1) is 5.57 Å². The van der Waals surface area contributed by atoms with Crippen molar-refractivity contribution in [1.82, 2.24) is 4.98 Å². The summed E-state index contributed by atoms with van der Waals surface area (Å²) in [5.41, 5.74) is 5.38. The fraction of sp³-hybridized carbons (Fsp3) is 0.667. The number of carboxylic acid groups (broad SMARTS) is 1. The molecule has 0 aromatic carbocycles. The molecule has 5 nitrogen and oxygen atoms in total. The van der Waals surface area contributed by atoms with Gasteiger partial charge >= 0.3 is 5.97 Å². The first-order valence-electron chi connectivity index (χ1n) is 19.4. The van der Waals surface area contributed by atoms with Crippen LogP contribution < -0.4 is 0 Å². The number of carbonyl (C=O) groups is 2. The molecule has 290 valence electrons. The minimum atomic E-state index is -1.14. The van der Waals surface area contributed by atoms with Gasteiger partial charge in [-0.3, -0.25) is 4.79 Å². The van der Waals surface area contributed by atoms with E-state index in [1.165, 1.54) is 57.1 Å². The summed E-state index contributed by atoms with van der Waals surface area (Å²) < 4.78 is 19.2. The first-order valence-corrected chi connectivity index (χ1v) is 19.4. The van der Waals surface area contributed by atoms with Crippen molar-refractivity contribution in [3.05, 3.63) is 64.9 Å². The van der Waals surface area contributed by atoms with E-state index in [0.717, 1.165) is 35.2 Å². The second-order valence-corrected chi connectivity index (χ2v) is 17.5. The molecule has 1 saturated carbocycles. The molecule has 0 spiro atoms. The maximum Gasteiger partial charge on any atom is 0.335 e. The summed E-state index contributed by atoms with van der Waals surface area (Å²) in [6, 6.07) is 4.08. The molecule has 1 N–H and O–H groups in total. The molecule has 2 aromatic rings. The topological polar surface area (TPSA) is 80.4 Å². The van der Waals surface area contributed by atoms with E-state index in [1.807, 2.05) is 26.8 Å². The molecule has 0 bridgehead atoms. The van der Waals surface area contributed by atoms with E-state index in [4.69, 9.17) is 14.5 Å². The Morgan fingerprint density at radius 2 is 1.53 bits per heavy atom. The first-order chi connectivity index (χ1) is 23.4. The number of hydrogen-bond acceptors (Lipinski definition) is 4. The summed E-state index contributed by atoms with van der Waals surface area (Å²) in [5.74, 6) is -0.600. The van der Waals surface area contributed by atoms with Crippen LogP contribution in [0, 0.1) is 16.7 Å². The highest BCUT2D eigenvalue weighted by Gasteiger charge is 2.31. The highest BCUT2D eigenvalue weighted by Crippen LogP contribution is 2.43. The summed E-state index contributed by atoms with van der Waals surface area (Å²) in [5, 5.41) is 8.45. The van der Waals surface area contributed by atoms with Crippen LogP contribution in [0.3, 0.4) is 0 Å². The van der Waals surface area contributed by atoms with Gasteiger partial charge in [-0.2, -0.15) is 0 Å². The lowest BCUT2D eigenvalue weighted by Gasteiger charge is -2.34. The molecule has 1 aliphatic carbocycles. The molecule has 6 heteroatoms. The van der Waals surface area contributed by atoms with Gasteiger partial charge in [0.15, 0.2) is 11.3 Å². The Bertz CT molecular complexity index is 1430. The summed E-state index contributed by atoms with van der Waals surface area (Å²) >= 11 is 0. The molecule has 0 saturated heterocycles. The van der Waals surface area contributed by atoms with Crippen molar-refractivity contribution in [3.8, 4) is 0 Å². The molecular weight excluding hydrogens is 637 g/mol. The van der Waals surface area contributed by atoms with Crippen LogP contribution in [0.4, 0.5) is 4.39 Å². The van der Waals surface area contributed by atoms with E-state index >= 15 is 0 Å². The third-order valence-electron chi connectivity index (χ3n) is 9.07. The second-order valence-electron chi connectivity index (χ2n) is 17.5. The molecular formula is C45H74FNO4. The molecule has 3 rings (SSSR count). The van der Waals surface area contributed by atoms with Crippen molar-refractivity contribution in [2.45, 2.75) is 179 Å². The van der Waals surface area contributed by atoms with Crippen molar-refractivity contribution in [3.63, 3.8) is 0 Å². The van der Waals surface area contributed by atoms with Gasteiger partial charge < -0.3 is 9.52 Å². The maximum absolute atomic E-state index is 13.2. The third-order valence-corrected chi connectivity index (χ3v) is 9.07. The number of carboxylic acids is 1. The number of Topliss-reactive ketones (excluding diaryl/α,β-unsaturated/α-hetero) is 1. The first kappa shape index (κ1) is 48.0. The predicted octanol–water partition coefficient (Wildman–Crippen LogP) is 14.5. The Balaban J connectivity index is 0.000000836. The number of unbranched alkanes of at least 4 members (excludes halogenated alkanes) is 1. The highest BCUT2D eigenvalue weighted by molar-refractivity contribution is 5.98. The van der Waals surface area contributed by atoms with Crippen molar-refractivity contribution in [1.29, 1.82) is 0 Å². The number of fused-ring (bicyclic) bond motifs is 1. The summed E-state index contributed by atoms with van der Waals surface area (Å²) in [6.45, 7) is 35.4. The van der Waals surface area contributed by atoms with Crippen molar-refractivity contribution in [2.75, 3.05) is 0 Å². The van der Waals surface area contributed by atoms with Gasteiger partial charge in [-0.1, -0.05) is 129 Å². The molecule has 0 amide bonds. The normalized spacial score (nSPS) is 15.2. The van der Waals surface area contributed by atoms with Crippen molar-refractivity contribution in [2.24, 2.45) is 16.7 Å². The Morgan fingerprint density at radius 3 is 1.92 bits per heavy atom. The standard InChI is InChI=1S/C23H33NO2.C11H15FO2.C7H16.C4H10/c1-14(2)20(25)19-13-18-21(26-19)16(22(3,4)5)12-17(24-18)15-8-10-23(6,7)11-9-15;1-4-5-8(2)10(12)7-6-9(3)11(13)14;1-5-6-7(2,3)4;1-3-4-2/h12-15H,8-11H2,1-7H3;6-7H,3-5H2,1-2H3,(H,13,14);5-6H2,1-4H3;3-4H2,1-2H3/b;7-6-,10-8+;;. The van der Waals surface area contributed by atoms with Crippen LogP contribution in [0.5, 0.6) is 0 Å². The number of halogens is 1. The van der Waals surface area contributed by atoms with E-state index in [9.17, 15) is 14.0 Å². The number of aliphatic carboxylic acids is 1. The number of hydrogen-bond donors (Lipinski definition) is 1. The second kappa shape index (κ2) is 22.1. The van der Waals surface area contributed by atoms with Gasteiger partial charge in [0, 0.05) is 29.2 Å². The monoisotopic (exact) mass is 712 g/mol. The fourth-order valence-electron chi connectivity index (χ4n) is 5.54. The Morgan fingerprint density at radius 1 is 0.980 bits per heavy atom. The number of carbonyl (C=O) groups excluding carboxylic acids is 1. The number of pyridine rings is 1. The van der Waals surface area contributed by atoms with Gasteiger partial charge in [0.2, 0.25) is 5.78 Å². The smallest absolute Gasteiger partial charge is 0.335 e. The van der Waals surface area contributed by atoms with Crippen molar-refractivity contribution >= 4 is 22.9 Å². The van der Waals surface area contributed by atoms with Crippen LogP contribution >= 0.6 is 0 Å². The molecule has 1 fully saturated rings. The number of rotatable bonds is 10. The van der Waals surface area contributed by atoms with Crippen LogP contribution in [0.2, 0.25) is 0 Å². The number of nitrogens with zero attached hydrogens (tertiary/aromatic N) is 1. The maximum atomic E-state index is 13.2. The van der Waals surface area contributed by atoms with Crippen LogP contribution in [0.1, 0.15) is 196 Å². The van der Waals surface area contributed by atoms with E-state index in [2.05, 4.69) is 88.8 Å².